The second-order valence-electron chi connectivity index (χ2n) is 9.24. The number of nitrogens with one attached hydrogen (secondary N) is 1. The van der Waals surface area contributed by atoms with Crippen LogP contribution in [-0.2, 0) is 11.3 Å². The van der Waals surface area contributed by atoms with E-state index in [1.165, 1.54) is 18.3 Å². The van der Waals surface area contributed by atoms with Gasteiger partial charge in [0.1, 0.15) is 11.5 Å². The van der Waals surface area contributed by atoms with Gasteiger partial charge in [0.25, 0.3) is 0 Å². The minimum Gasteiger partial charge on any atom is -0.481 e. The van der Waals surface area contributed by atoms with E-state index in [1.807, 2.05) is 0 Å². The third-order valence-electron chi connectivity index (χ3n) is 6.34. The van der Waals surface area contributed by atoms with Crippen molar-refractivity contribution in [2.45, 2.75) is 32.7 Å². The second-order valence-corrected chi connectivity index (χ2v) is 9.24. The number of carboxylic acids is 1. The molecule has 0 saturated carbocycles. The number of benzene rings is 3. The molecule has 2 N–H and O–H groups in total. The maximum atomic E-state index is 14.5. The molecule has 9 heteroatoms. The Kier molecular flexibility index (Phi) is 8.60. The molecule has 0 saturated heterocycles. The van der Waals surface area contributed by atoms with Gasteiger partial charge >= 0.3 is 5.97 Å². The number of anilines is 1. The van der Waals surface area contributed by atoms with Crippen molar-refractivity contribution in [3.05, 3.63) is 107 Å². The summed E-state index contributed by atoms with van der Waals surface area (Å²) >= 11 is 0. The molecule has 4 rings (SSSR count). The van der Waals surface area contributed by atoms with Crippen LogP contribution in [0.1, 0.15) is 46.4 Å². The van der Waals surface area contributed by atoms with Gasteiger partial charge in [0.2, 0.25) is 0 Å². The number of pyridine rings is 1. The number of nitrogens with zero attached hydrogens (tertiary/aromatic N) is 2. The molecule has 40 heavy (non-hydrogen) atoms. The standard InChI is InChI=1S/C31H24F3N3O3/c1-18-5-8-24(26(32)11-18)23-9-7-22(12-20(23)15-35)36-17-21-13-27(33)28(34)14-25(21)19-6-10-29(37-16-19)30(38)3-2-4-31(39)40/h5-14,16,36H,2-4,17H2,1H3,(H,39,40). The van der Waals surface area contributed by atoms with E-state index in [-0.39, 0.29) is 42.8 Å². The van der Waals surface area contributed by atoms with Crippen LogP contribution in [0.25, 0.3) is 22.3 Å². The second kappa shape index (κ2) is 12.3. The quantitative estimate of drug-likeness (QED) is 0.208. The van der Waals surface area contributed by atoms with Crippen LogP contribution >= 0.6 is 0 Å². The minimum absolute atomic E-state index is 0.0268. The predicted molar refractivity (Wildman–Crippen MR) is 144 cm³/mol. The molecule has 0 radical (unpaired) electrons. The van der Waals surface area contributed by atoms with Crippen LogP contribution in [0.3, 0.4) is 0 Å². The summed E-state index contributed by atoms with van der Waals surface area (Å²) in [6.45, 7) is 1.83. The molecule has 202 valence electrons. The topological polar surface area (TPSA) is 103 Å². The van der Waals surface area contributed by atoms with Gasteiger partial charge in [-0.3, -0.25) is 14.6 Å². The van der Waals surface area contributed by atoms with E-state index < -0.39 is 23.4 Å². The van der Waals surface area contributed by atoms with Gasteiger partial charge in [-0.2, -0.15) is 5.26 Å². The van der Waals surface area contributed by atoms with Gasteiger partial charge in [0.05, 0.1) is 11.6 Å². The number of carbonyl (C=O) groups is 2. The number of halogens is 3. The number of aliphatic carboxylic acids is 1. The van der Waals surface area contributed by atoms with Crippen molar-refractivity contribution in [2.75, 3.05) is 5.32 Å². The molecule has 0 amide bonds. The molecule has 6 nitrogen and oxygen atoms in total. The molecular formula is C31H24F3N3O3. The van der Waals surface area contributed by atoms with E-state index in [1.54, 1.807) is 43.3 Å². The van der Waals surface area contributed by atoms with Crippen LogP contribution in [0.15, 0.2) is 66.9 Å². The van der Waals surface area contributed by atoms with E-state index in [4.69, 9.17) is 5.11 Å². The highest BCUT2D eigenvalue weighted by atomic mass is 19.2. The summed E-state index contributed by atoms with van der Waals surface area (Å²) in [5, 5.41) is 21.5. The summed E-state index contributed by atoms with van der Waals surface area (Å²) in [6.07, 6.45) is 1.46. The molecule has 0 atom stereocenters. The number of carboxylic acid groups (broad SMARTS) is 1. The number of Topliss-reactive ketones (excluding diaryl/α,β-unsaturated/α-hetero) is 1. The molecular weight excluding hydrogens is 519 g/mol. The SMILES string of the molecule is Cc1ccc(-c2ccc(NCc3cc(F)c(F)cc3-c3ccc(C(=O)CCCC(=O)O)nc3)cc2C#N)c(F)c1. The number of rotatable bonds is 10. The first-order valence-corrected chi connectivity index (χ1v) is 12.4. The van der Waals surface area contributed by atoms with Gasteiger partial charge in [-0.25, -0.2) is 13.2 Å². The molecule has 0 spiro atoms. The Balaban J connectivity index is 1.56. The summed E-state index contributed by atoms with van der Waals surface area (Å²) in [7, 11) is 0. The number of aromatic nitrogens is 1. The Morgan fingerprint density at radius 3 is 2.33 bits per heavy atom. The summed E-state index contributed by atoms with van der Waals surface area (Å²) in [5.41, 5.74) is 3.58. The summed E-state index contributed by atoms with van der Waals surface area (Å²) in [5.74, 6) is -3.84. The van der Waals surface area contributed by atoms with Gasteiger partial charge in [-0.1, -0.05) is 24.3 Å². The zero-order valence-electron chi connectivity index (χ0n) is 21.5. The number of carbonyl (C=O) groups excluding carboxylic acids is 1. The van der Waals surface area contributed by atoms with Crippen LogP contribution in [0.5, 0.6) is 0 Å². The van der Waals surface area contributed by atoms with E-state index in [0.717, 1.165) is 17.7 Å². The summed E-state index contributed by atoms with van der Waals surface area (Å²) in [6, 6.07) is 16.8. The van der Waals surface area contributed by atoms with Crippen molar-refractivity contribution in [1.82, 2.24) is 4.98 Å². The molecule has 0 aliphatic carbocycles. The normalized spacial score (nSPS) is 10.7. The van der Waals surface area contributed by atoms with Crippen molar-refractivity contribution in [3.63, 3.8) is 0 Å². The van der Waals surface area contributed by atoms with Crippen molar-refractivity contribution in [3.8, 4) is 28.3 Å². The molecule has 0 fully saturated rings. The van der Waals surface area contributed by atoms with Gasteiger partial charge < -0.3 is 10.4 Å². The molecule has 3 aromatic carbocycles. The van der Waals surface area contributed by atoms with Gasteiger partial charge in [-0.15, -0.1) is 0 Å². The Labute approximate surface area is 228 Å². The van der Waals surface area contributed by atoms with Crippen LogP contribution in [0.4, 0.5) is 18.9 Å². The van der Waals surface area contributed by atoms with Gasteiger partial charge in [-0.05, 0) is 66.4 Å². The van der Waals surface area contributed by atoms with E-state index in [2.05, 4.69) is 16.4 Å². The summed E-state index contributed by atoms with van der Waals surface area (Å²) < 4.78 is 42.9. The lowest BCUT2D eigenvalue weighted by molar-refractivity contribution is -0.137. The van der Waals surface area contributed by atoms with E-state index in [0.29, 0.717) is 33.5 Å². The Bertz CT molecular complexity index is 1630. The van der Waals surface area contributed by atoms with E-state index in [9.17, 15) is 28.0 Å². The van der Waals surface area contributed by atoms with Crippen molar-refractivity contribution in [2.24, 2.45) is 0 Å². The highest BCUT2D eigenvalue weighted by Crippen LogP contribution is 2.31. The van der Waals surface area contributed by atoms with Crippen LogP contribution in [0.2, 0.25) is 0 Å². The minimum atomic E-state index is -1.05. The number of hydrogen-bond acceptors (Lipinski definition) is 5. The summed E-state index contributed by atoms with van der Waals surface area (Å²) in [4.78, 5) is 27.1. The zero-order chi connectivity index (χ0) is 28.8. The average Bonchev–Trinajstić information content (AvgIpc) is 2.93. The number of aryl methyl sites for hydroxylation is 1. The molecule has 0 aliphatic heterocycles. The number of hydrogen-bond donors (Lipinski definition) is 2. The smallest absolute Gasteiger partial charge is 0.303 e. The fraction of sp³-hybridized carbons (Fsp3) is 0.161. The Hall–Kier alpha value is -4.97. The lowest BCUT2D eigenvalue weighted by Gasteiger charge is -2.14. The fourth-order valence-electron chi connectivity index (χ4n) is 4.27. The first-order chi connectivity index (χ1) is 19.2. The monoisotopic (exact) mass is 543 g/mol. The maximum Gasteiger partial charge on any atom is 0.303 e. The first-order valence-electron chi connectivity index (χ1n) is 12.4. The third-order valence-corrected chi connectivity index (χ3v) is 6.34. The first kappa shape index (κ1) is 28.0. The molecule has 1 aromatic heterocycles. The molecule has 4 aromatic rings. The maximum absolute atomic E-state index is 14.5. The number of nitriles is 1. The lowest BCUT2D eigenvalue weighted by atomic mass is 9.97. The Morgan fingerprint density at radius 1 is 0.900 bits per heavy atom. The highest BCUT2D eigenvalue weighted by Gasteiger charge is 2.15. The van der Waals surface area contributed by atoms with Gasteiger partial charge in [0.15, 0.2) is 17.4 Å². The fourth-order valence-corrected chi connectivity index (χ4v) is 4.27. The van der Waals surface area contributed by atoms with Crippen molar-refractivity contribution in [1.29, 1.82) is 5.26 Å². The largest absolute Gasteiger partial charge is 0.481 e. The molecule has 1 heterocycles. The highest BCUT2D eigenvalue weighted by molar-refractivity contribution is 5.94. The Morgan fingerprint density at radius 2 is 1.65 bits per heavy atom. The zero-order valence-corrected chi connectivity index (χ0v) is 21.5. The number of ketones is 1. The van der Waals surface area contributed by atoms with E-state index >= 15 is 0 Å². The van der Waals surface area contributed by atoms with Crippen molar-refractivity contribution < 1.29 is 27.9 Å². The van der Waals surface area contributed by atoms with Crippen molar-refractivity contribution >= 4 is 17.4 Å². The molecule has 0 bridgehead atoms. The van der Waals surface area contributed by atoms with Crippen LogP contribution in [0, 0.1) is 35.7 Å². The molecule has 0 aliphatic rings. The molecule has 0 unspecified atom stereocenters. The van der Waals surface area contributed by atoms with Crippen LogP contribution in [-0.4, -0.2) is 21.8 Å². The average molecular weight is 544 g/mol. The van der Waals surface area contributed by atoms with Crippen LogP contribution < -0.4 is 5.32 Å². The van der Waals surface area contributed by atoms with Gasteiger partial charge in [0, 0.05) is 48.0 Å². The third kappa shape index (κ3) is 6.53. The predicted octanol–water partition coefficient (Wildman–Crippen LogP) is 7.06. The lowest BCUT2D eigenvalue weighted by Crippen LogP contribution is -2.05.